The monoisotopic (exact) mass is 501 g/mol. The summed E-state index contributed by atoms with van der Waals surface area (Å²) in [6, 6.07) is 5.87. The number of fused-ring (bicyclic) bond motifs is 1. The molecule has 3 fully saturated rings. The van der Waals surface area contributed by atoms with Crippen molar-refractivity contribution in [3.05, 3.63) is 54.6 Å². The number of ether oxygens (including phenoxy) is 1. The predicted octanol–water partition coefficient (Wildman–Crippen LogP) is 2.26. The number of amides is 3. The largest absolute Gasteiger partial charge is 0.395 e. The Bertz CT molecular complexity index is 1050. The number of aliphatic hydroxyl groups excluding tert-OH is 1. The molecule has 188 valence electrons. The third-order valence-corrected chi connectivity index (χ3v) is 7.86. The molecule has 5 atom stereocenters. The second-order valence-electron chi connectivity index (χ2n) is 9.70. The molecule has 9 heteroatoms. The first-order chi connectivity index (χ1) is 16.6. The maximum absolute atomic E-state index is 14.2. The number of β-amino-alcohol motifs (C(OH)–C–C–N with tert-alkyl or cyclic N) is 1. The van der Waals surface area contributed by atoms with Crippen LogP contribution in [0.4, 0.5) is 5.69 Å². The smallest absolute Gasteiger partial charge is 0.253 e. The zero-order chi connectivity index (χ0) is 25.5. The first-order valence-corrected chi connectivity index (χ1v) is 12.2. The molecule has 1 aromatic carbocycles. The molecule has 1 aromatic rings. The molecule has 2 unspecified atom stereocenters. The lowest BCUT2D eigenvalue weighted by Crippen LogP contribution is -2.57. The first-order valence-electron chi connectivity index (χ1n) is 11.8. The second kappa shape index (κ2) is 9.41. The number of likely N-dealkylation sites (tertiary alicyclic amines) is 1. The highest BCUT2D eigenvalue weighted by atomic mass is 35.5. The number of carbonyl (C=O) groups is 3. The van der Waals surface area contributed by atoms with Crippen molar-refractivity contribution in [1.82, 2.24) is 9.80 Å². The van der Waals surface area contributed by atoms with Gasteiger partial charge in [0.1, 0.15) is 11.6 Å². The third-order valence-electron chi connectivity index (χ3n) is 7.61. The fourth-order valence-corrected chi connectivity index (χ4v) is 6.30. The van der Waals surface area contributed by atoms with E-state index >= 15 is 0 Å². The van der Waals surface area contributed by atoms with Gasteiger partial charge in [-0.3, -0.25) is 14.4 Å². The van der Waals surface area contributed by atoms with Gasteiger partial charge in [-0.15, -0.1) is 13.2 Å². The summed E-state index contributed by atoms with van der Waals surface area (Å²) in [6.07, 6.45) is 4.26. The summed E-state index contributed by atoms with van der Waals surface area (Å²) >= 11 is 6.05. The van der Waals surface area contributed by atoms with Crippen LogP contribution in [-0.4, -0.2) is 83.2 Å². The molecule has 4 rings (SSSR count). The molecular weight excluding hydrogens is 470 g/mol. The number of nitrogens with zero attached hydrogens (tertiary/aromatic N) is 3. The number of anilines is 1. The van der Waals surface area contributed by atoms with E-state index in [1.165, 1.54) is 9.80 Å². The van der Waals surface area contributed by atoms with Crippen LogP contribution in [0, 0.1) is 11.8 Å². The number of carbonyl (C=O) groups excluding carboxylic acids is 3. The summed E-state index contributed by atoms with van der Waals surface area (Å²) in [4.78, 5) is 46.0. The van der Waals surface area contributed by atoms with Crippen LogP contribution < -0.4 is 4.90 Å². The molecule has 35 heavy (non-hydrogen) atoms. The van der Waals surface area contributed by atoms with Gasteiger partial charge in [0, 0.05) is 37.4 Å². The predicted molar refractivity (Wildman–Crippen MR) is 133 cm³/mol. The lowest BCUT2D eigenvalue weighted by Gasteiger charge is -2.36. The van der Waals surface area contributed by atoms with Gasteiger partial charge >= 0.3 is 0 Å². The fourth-order valence-electron chi connectivity index (χ4n) is 6.17. The maximum Gasteiger partial charge on any atom is 0.253 e. The van der Waals surface area contributed by atoms with Crippen LogP contribution in [0.2, 0.25) is 5.02 Å². The van der Waals surface area contributed by atoms with Gasteiger partial charge in [0.15, 0.2) is 0 Å². The van der Waals surface area contributed by atoms with E-state index in [4.69, 9.17) is 16.3 Å². The summed E-state index contributed by atoms with van der Waals surface area (Å²) < 4.78 is 6.59. The average Bonchev–Trinajstić information content (AvgIpc) is 3.39. The van der Waals surface area contributed by atoms with E-state index in [9.17, 15) is 19.5 Å². The topological polar surface area (TPSA) is 90.4 Å². The van der Waals surface area contributed by atoms with Crippen LogP contribution in [-0.2, 0) is 19.1 Å². The minimum absolute atomic E-state index is 0.0283. The number of likely N-dealkylation sites (N-methyl/N-ethyl adjacent to an activating group) is 1. The highest BCUT2D eigenvalue weighted by Crippen LogP contribution is 2.63. The van der Waals surface area contributed by atoms with Crippen molar-refractivity contribution in [3.8, 4) is 0 Å². The first kappa shape index (κ1) is 25.4. The van der Waals surface area contributed by atoms with Crippen LogP contribution in [0.15, 0.2) is 49.6 Å². The van der Waals surface area contributed by atoms with Crippen molar-refractivity contribution in [2.75, 3.05) is 38.2 Å². The number of hydrogen-bond donors (Lipinski definition) is 1. The normalized spacial score (nSPS) is 30.8. The molecule has 1 N–H and O–H groups in total. The summed E-state index contributed by atoms with van der Waals surface area (Å²) in [5.74, 6) is -2.41. The Hall–Kier alpha value is -2.68. The van der Waals surface area contributed by atoms with E-state index in [-0.39, 0.29) is 37.4 Å². The van der Waals surface area contributed by atoms with Crippen molar-refractivity contribution in [1.29, 1.82) is 0 Å². The lowest BCUT2D eigenvalue weighted by molar-refractivity contribution is -0.149. The summed E-state index contributed by atoms with van der Waals surface area (Å²) in [5, 5.41) is 10.3. The number of rotatable bonds is 9. The Morgan fingerprint density at radius 2 is 1.86 bits per heavy atom. The van der Waals surface area contributed by atoms with Gasteiger partial charge in [0.05, 0.1) is 24.0 Å². The molecule has 8 nitrogen and oxygen atoms in total. The fraction of sp³-hybridized carbons (Fsp3) is 0.500. The molecule has 0 saturated carbocycles. The van der Waals surface area contributed by atoms with Crippen molar-refractivity contribution in [2.24, 2.45) is 11.8 Å². The van der Waals surface area contributed by atoms with E-state index in [1.54, 1.807) is 48.4 Å². The molecule has 0 aliphatic carbocycles. The highest BCUT2D eigenvalue weighted by Gasteiger charge is 2.78. The number of hydrogen-bond acceptors (Lipinski definition) is 5. The Kier molecular flexibility index (Phi) is 6.83. The molecule has 3 saturated heterocycles. The van der Waals surface area contributed by atoms with Gasteiger partial charge in [0.2, 0.25) is 11.8 Å². The van der Waals surface area contributed by atoms with Gasteiger partial charge in [-0.2, -0.15) is 0 Å². The van der Waals surface area contributed by atoms with E-state index in [0.29, 0.717) is 30.1 Å². The molecule has 0 radical (unpaired) electrons. The summed E-state index contributed by atoms with van der Waals surface area (Å²) in [7, 11) is 1.67. The molecule has 1 spiro atoms. The molecule has 3 aliphatic rings. The SMILES string of the molecule is C=CCN(C)C(=O)[C@H]1[C@H]2C(=O)N(CCO)C(C(=O)N(CC=C)c3ccc(Cl)cc3)C23CC[C@]1(C)O3. The minimum atomic E-state index is -1.15. The van der Waals surface area contributed by atoms with E-state index in [0.717, 1.165) is 0 Å². The zero-order valence-corrected chi connectivity index (χ0v) is 20.9. The standard InChI is InChI=1S/C26H32ClN3O5/c1-5-13-28(4)22(32)19-20-23(33)30(15-16-31)21(26(20)12-11-25(19,3)35-26)24(34)29(14-6-2)18-9-7-17(27)8-10-18/h5-10,19-21,31H,1-2,11-16H2,3-4H3/t19-,20+,21?,25+,26?/m1/s1. The van der Waals surface area contributed by atoms with Crippen molar-refractivity contribution in [3.63, 3.8) is 0 Å². The average molecular weight is 502 g/mol. The molecule has 3 amide bonds. The molecular formula is C26H32ClN3O5. The van der Waals surface area contributed by atoms with E-state index in [1.807, 2.05) is 6.92 Å². The molecule has 0 aromatic heterocycles. The summed E-state index contributed by atoms with van der Waals surface area (Å²) in [5.41, 5.74) is -1.41. The van der Waals surface area contributed by atoms with E-state index < -0.39 is 29.1 Å². The highest BCUT2D eigenvalue weighted by molar-refractivity contribution is 6.30. The maximum atomic E-state index is 14.2. The zero-order valence-electron chi connectivity index (χ0n) is 20.2. The third kappa shape index (κ3) is 3.88. The van der Waals surface area contributed by atoms with Gasteiger partial charge in [-0.25, -0.2) is 0 Å². The Morgan fingerprint density at radius 1 is 1.20 bits per heavy atom. The van der Waals surface area contributed by atoms with Gasteiger partial charge in [0.25, 0.3) is 5.91 Å². The van der Waals surface area contributed by atoms with Crippen molar-refractivity contribution < 1.29 is 24.2 Å². The van der Waals surface area contributed by atoms with Crippen molar-refractivity contribution in [2.45, 2.75) is 37.0 Å². The summed E-state index contributed by atoms with van der Waals surface area (Å²) in [6.45, 7) is 9.56. The number of benzene rings is 1. The van der Waals surface area contributed by atoms with Gasteiger partial charge in [-0.05, 0) is 44.0 Å². The van der Waals surface area contributed by atoms with Crippen molar-refractivity contribution >= 4 is 35.0 Å². The molecule has 3 aliphatic heterocycles. The quantitative estimate of drug-likeness (QED) is 0.524. The number of halogens is 1. The van der Waals surface area contributed by atoms with Gasteiger partial charge in [-0.1, -0.05) is 23.8 Å². The Labute approximate surface area is 210 Å². The minimum Gasteiger partial charge on any atom is -0.395 e. The van der Waals surface area contributed by atoms with Crippen LogP contribution >= 0.6 is 11.6 Å². The van der Waals surface area contributed by atoms with Crippen LogP contribution in [0.1, 0.15) is 19.8 Å². The molecule has 2 bridgehead atoms. The lowest BCUT2D eigenvalue weighted by atomic mass is 9.66. The Morgan fingerprint density at radius 3 is 2.46 bits per heavy atom. The molecule has 3 heterocycles. The van der Waals surface area contributed by atoms with Crippen LogP contribution in [0.5, 0.6) is 0 Å². The number of aliphatic hydroxyl groups is 1. The van der Waals surface area contributed by atoms with Gasteiger partial charge < -0.3 is 24.5 Å². The van der Waals surface area contributed by atoms with Crippen LogP contribution in [0.3, 0.4) is 0 Å². The van der Waals surface area contributed by atoms with E-state index in [2.05, 4.69) is 13.2 Å². The van der Waals surface area contributed by atoms with Crippen LogP contribution in [0.25, 0.3) is 0 Å². The Balaban J connectivity index is 1.78. The second-order valence-corrected chi connectivity index (χ2v) is 10.1.